The molecular weight excluding hydrogens is 410 g/mol. The van der Waals surface area contributed by atoms with Crippen LogP contribution in [0.2, 0.25) is 0 Å². The van der Waals surface area contributed by atoms with Crippen molar-refractivity contribution in [2.75, 3.05) is 57.0 Å². The summed E-state index contributed by atoms with van der Waals surface area (Å²) in [5, 5.41) is 8.98. The van der Waals surface area contributed by atoms with Crippen LogP contribution in [-0.4, -0.2) is 81.6 Å². The van der Waals surface area contributed by atoms with Crippen LogP contribution in [0.15, 0.2) is 29.3 Å². The Hall–Kier alpha value is -1.78. The SMILES string of the molecule is CCNC(=NCCS(=O)(=O)N1CCSCC1)NCCc1cccc(C(=O)NC)c1. The van der Waals surface area contributed by atoms with Crippen LogP contribution in [0.25, 0.3) is 0 Å². The summed E-state index contributed by atoms with van der Waals surface area (Å²) >= 11 is 1.79. The monoisotopic (exact) mass is 441 g/mol. The third-order valence-corrected chi connectivity index (χ3v) is 7.24. The van der Waals surface area contributed by atoms with E-state index in [0.717, 1.165) is 23.5 Å². The van der Waals surface area contributed by atoms with Gasteiger partial charge in [-0.1, -0.05) is 12.1 Å². The molecule has 1 heterocycles. The third-order valence-electron chi connectivity index (χ3n) is 4.45. The first kappa shape index (κ1) is 23.5. The van der Waals surface area contributed by atoms with E-state index in [4.69, 9.17) is 0 Å². The van der Waals surface area contributed by atoms with Crippen molar-refractivity contribution >= 4 is 33.7 Å². The topological polar surface area (TPSA) is 103 Å². The molecule has 8 nitrogen and oxygen atoms in total. The molecule has 1 aromatic rings. The molecule has 1 saturated heterocycles. The van der Waals surface area contributed by atoms with E-state index in [0.29, 0.717) is 37.7 Å². The molecule has 1 aromatic carbocycles. The van der Waals surface area contributed by atoms with Gasteiger partial charge in [0.05, 0.1) is 12.3 Å². The van der Waals surface area contributed by atoms with Crippen LogP contribution in [0, 0.1) is 0 Å². The minimum absolute atomic E-state index is 0.0163. The zero-order chi connectivity index (χ0) is 21.1. The van der Waals surface area contributed by atoms with Crippen molar-refractivity contribution < 1.29 is 13.2 Å². The van der Waals surface area contributed by atoms with Gasteiger partial charge in [0, 0.05) is 50.3 Å². The zero-order valence-corrected chi connectivity index (χ0v) is 18.7. The molecule has 2 rings (SSSR count). The Morgan fingerprint density at radius 2 is 2.00 bits per heavy atom. The Labute approximate surface area is 178 Å². The van der Waals surface area contributed by atoms with E-state index in [9.17, 15) is 13.2 Å². The average molecular weight is 442 g/mol. The van der Waals surface area contributed by atoms with E-state index in [-0.39, 0.29) is 18.2 Å². The number of hydrogen-bond acceptors (Lipinski definition) is 5. The van der Waals surface area contributed by atoms with Crippen LogP contribution in [0.4, 0.5) is 0 Å². The summed E-state index contributed by atoms with van der Waals surface area (Å²) in [6.45, 7) is 4.67. The lowest BCUT2D eigenvalue weighted by Gasteiger charge is -2.25. The molecule has 1 fully saturated rings. The van der Waals surface area contributed by atoms with Crippen molar-refractivity contribution in [3.05, 3.63) is 35.4 Å². The highest BCUT2D eigenvalue weighted by Crippen LogP contribution is 2.13. The summed E-state index contributed by atoms with van der Waals surface area (Å²) < 4.78 is 26.4. The lowest BCUT2D eigenvalue weighted by molar-refractivity contribution is 0.0963. The molecule has 3 N–H and O–H groups in total. The average Bonchev–Trinajstić information content (AvgIpc) is 2.74. The summed E-state index contributed by atoms with van der Waals surface area (Å²) in [5.74, 6) is 2.21. The quantitative estimate of drug-likeness (QED) is 0.381. The smallest absolute Gasteiger partial charge is 0.251 e. The molecule has 0 aliphatic carbocycles. The Bertz CT molecular complexity index is 793. The van der Waals surface area contributed by atoms with Gasteiger partial charge in [0.1, 0.15) is 0 Å². The molecule has 0 spiro atoms. The van der Waals surface area contributed by atoms with Crippen LogP contribution in [0.5, 0.6) is 0 Å². The maximum absolute atomic E-state index is 12.4. The molecule has 10 heteroatoms. The van der Waals surface area contributed by atoms with Gasteiger partial charge in [0.25, 0.3) is 5.91 Å². The van der Waals surface area contributed by atoms with Crippen molar-refractivity contribution in [2.24, 2.45) is 4.99 Å². The fourth-order valence-electron chi connectivity index (χ4n) is 2.91. The number of rotatable bonds is 9. The van der Waals surface area contributed by atoms with Gasteiger partial charge >= 0.3 is 0 Å². The van der Waals surface area contributed by atoms with Gasteiger partial charge in [-0.25, -0.2) is 12.7 Å². The Morgan fingerprint density at radius 3 is 2.69 bits per heavy atom. The Kier molecular flexibility index (Phi) is 9.75. The molecule has 0 bridgehead atoms. The first-order valence-corrected chi connectivity index (χ1v) is 12.6. The molecule has 0 aromatic heterocycles. The predicted molar refractivity (Wildman–Crippen MR) is 120 cm³/mol. The first-order chi connectivity index (χ1) is 14.0. The number of nitrogens with zero attached hydrogens (tertiary/aromatic N) is 2. The highest BCUT2D eigenvalue weighted by atomic mass is 32.2. The van der Waals surface area contributed by atoms with Crippen molar-refractivity contribution in [3.8, 4) is 0 Å². The number of hydrogen-bond donors (Lipinski definition) is 3. The molecule has 1 aliphatic heterocycles. The zero-order valence-electron chi connectivity index (χ0n) is 17.1. The number of carbonyl (C=O) groups is 1. The molecule has 0 radical (unpaired) electrons. The molecular formula is C19H31N5O3S2. The molecule has 0 unspecified atom stereocenters. The van der Waals surface area contributed by atoms with E-state index in [1.54, 1.807) is 29.2 Å². The van der Waals surface area contributed by atoms with E-state index < -0.39 is 10.0 Å². The number of carbonyl (C=O) groups excluding carboxylic acids is 1. The standard InChI is InChI=1S/C19H31N5O3S2/c1-3-21-19(23-9-14-29(26,27)24-10-12-28-13-11-24)22-8-7-16-5-4-6-17(15-16)18(25)20-2/h4-6,15H,3,7-14H2,1-2H3,(H,20,25)(H2,21,22,23). The summed E-state index contributed by atoms with van der Waals surface area (Å²) in [4.78, 5) is 16.1. The molecule has 162 valence electrons. The second-order valence-electron chi connectivity index (χ2n) is 6.54. The van der Waals surface area contributed by atoms with E-state index in [1.165, 1.54) is 0 Å². The van der Waals surface area contributed by atoms with Crippen LogP contribution < -0.4 is 16.0 Å². The molecule has 29 heavy (non-hydrogen) atoms. The van der Waals surface area contributed by atoms with Crippen molar-refractivity contribution in [2.45, 2.75) is 13.3 Å². The maximum Gasteiger partial charge on any atom is 0.251 e. The maximum atomic E-state index is 12.4. The first-order valence-electron chi connectivity index (χ1n) is 9.85. The third kappa shape index (κ3) is 7.87. The highest BCUT2D eigenvalue weighted by molar-refractivity contribution is 7.99. The molecule has 1 aliphatic rings. The number of guanidine groups is 1. The second-order valence-corrected chi connectivity index (χ2v) is 9.86. The van der Waals surface area contributed by atoms with Crippen LogP contribution >= 0.6 is 11.8 Å². The minimum atomic E-state index is -3.25. The summed E-state index contributed by atoms with van der Waals surface area (Å²) in [6, 6.07) is 7.49. The Morgan fingerprint density at radius 1 is 1.24 bits per heavy atom. The minimum Gasteiger partial charge on any atom is -0.357 e. The molecule has 0 saturated carbocycles. The Balaban J connectivity index is 1.85. The van der Waals surface area contributed by atoms with Gasteiger partial charge in [0.15, 0.2) is 5.96 Å². The van der Waals surface area contributed by atoms with E-state index in [2.05, 4.69) is 20.9 Å². The van der Waals surface area contributed by atoms with Crippen LogP contribution in [-0.2, 0) is 16.4 Å². The van der Waals surface area contributed by atoms with Crippen LogP contribution in [0.3, 0.4) is 0 Å². The lowest BCUT2D eigenvalue weighted by atomic mass is 10.1. The fraction of sp³-hybridized carbons (Fsp3) is 0.579. The molecule has 1 amide bonds. The lowest BCUT2D eigenvalue weighted by Crippen LogP contribution is -2.41. The van der Waals surface area contributed by atoms with E-state index in [1.807, 2.05) is 25.1 Å². The van der Waals surface area contributed by atoms with Crippen molar-refractivity contribution in [1.29, 1.82) is 0 Å². The van der Waals surface area contributed by atoms with Crippen LogP contribution in [0.1, 0.15) is 22.8 Å². The van der Waals surface area contributed by atoms with Gasteiger partial charge in [0.2, 0.25) is 10.0 Å². The predicted octanol–water partition coefficient (Wildman–Crippen LogP) is 0.522. The van der Waals surface area contributed by atoms with E-state index >= 15 is 0 Å². The van der Waals surface area contributed by atoms with Gasteiger partial charge in [-0.3, -0.25) is 9.79 Å². The summed E-state index contributed by atoms with van der Waals surface area (Å²) in [5.41, 5.74) is 1.67. The number of benzene rings is 1. The number of aliphatic imine (C=N–C) groups is 1. The summed E-state index contributed by atoms with van der Waals surface area (Å²) in [7, 11) is -1.64. The van der Waals surface area contributed by atoms with Gasteiger partial charge in [-0.05, 0) is 31.0 Å². The summed E-state index contributed by atoms with van der Waals surface area (Å²) in [6.07, 6.45) is 0.721. The number of nitrogens with one attached hydrogen (secondary N) is 3. The van der Waals surface area contributed by atoms with Crippen molar-refractivity contribution in [3.63, 3.8) is 0 Å². The van der Waals surface area contributed by atoms with Gasteiger partial charge in [-0.15, -0.1) is 0 Å². The number of amides is 1. The van der Waals surface area contributed by atoms with Gasteiger partial charge in [-0.2, -0.15) is 11.8 Å². The van der Waals surface area contributed by atoms with Crippen molar-refractivity contribution in [1.82, 2.24) is 20.3 Å². The normalized spacial score (nSPS) is 15.7. The number of sulfonamides is 1. The van der Waals surface area contributed by atoms with Gasteiger partial charge < -0.3 is 16.0 Å². The fourth-order valence-corrected chi connectivity index (χ4v) is 5.36. The largest absolute Gasteiger partial charge is 0.357 e. The highest BCUT2D eigenvalue weighted by Gasteiger charge is 2.23. The second kappa shape index (κ2) is 12.0. The molecule has 0 atom stereocenters. The number of thioether (sulfide) groups is 1.